The molecule has 170 valence electrons. The smallest absolute Gasteiger partial charge is 0.227 e. The third-order valence-corrected chi connectivity index (χ3v) is 5.60. The van der Waals surface area contributed by atoms with E-state index in [4.69, 9.17) is 9.47 Å². The highest BCUT2D eigenvalue weighted by atomic mass is 16.5. The topological polar surface area (TPSA) is 96.2 Å². The first-order valence-electron chi connectivity index (χ1n) is 11.3. The van der Waals surface area contributed by atoms with Crippen molar-refractivity contribution in [1.29, 1.82) is 5.26 Å². The van der Waals surface area contributed by atoms with Crippen molar-refractivity contribution in [2.75, 3.05) is 36.5 Å². The van der Waals surface area contributed by atoms with E-state index in [0.717, 1.165) is 43.0 Å². The van der Waals surface area contributed by atoms with Crippen molar-refractivity contribution in [1.82, 2.24) is 15.0 Å². The van der Waals surface area contributed by atoms with E-state index in [1.807, 2.05) is 30.3 Å². The molecular weight excluding hydrogens is 416 g/mol. The summed E-state index contributed by atoms with van der Waals surface area (Å²) in [6, 6.07) is 13.6. The Morgan fingerprint density at radius 2 is 1.94 bits per heavy atom. The van der Waals surface area contributed by atoms with Crippen LogP contribution in [0.5, 0.6) is 5.75 Å². The van der Waals surface area contributed by atoms with Gasteiger partial charge in [0, 0.05) is 37.7 Å². The number of nitrogens with one attached hydrogen (secondary N) is 1. The molecular formula is C25H28N6O2. The van der Waals surface area contributed by atoms with Crippen molar-refractivity contribution >= 4 is 17.5 Å². The van der Waals surface area contributed by atoms with Gasteiger partial charge in [0.05, 0.1) is 36.4 Å². The van der Waals surface area contributed by atoms with Crippen molar-refractivity contribution < 1.29 is 9.47 Å². The van der Waals surface area contributed by atoms with Crippen LogP contribution in [-0.2, 0) is 4.74 Å². The van der Waals surface area contributed by atoms with Crippen LogP contribution in [0.3, 0.4) is 0 Å². The van der Waals surface area contributed by atoms with Crippen LogP contribution in [0.15, 0.2) is 48.8 Å². The first kappa shape index (κ1) is 22.5. The zero-order chi connectivity index (χ0) is 23.0. The Bertz CT molecular complexity index is 1100. The van der Waals surface area contributed by atoms with E-state index < -0.39 is 0 Å². The van der Waals surface area contributed by atoms with Gasteiger partial charge in [0.2, 0.25) is 5.95 Å². The third kappa shape index (κ3) is 5.57. The standard InChI is InChI=1S/C25H28N6O2/c1-3-31(4-2)24-8-6-20(17-28-24)29-25-27-12-9-22(30-25)18-5-7-23(19(15-18)16-26)33-21-10-13-32-14-11-21/h5-9,12,15,17,21H,3-4,10-11,13-14H2,1-2H3,(H,27,29,30). The SMILES string of the molecule is CCN(CC)c1ccc(Nc2nccc(-c3ccc(OC4CCOCC4)c(C#N)c3)n2)cn1. The summed E-state index contributed by atoms with van der Waals surface area (Å²) >= 11 is 0. The molecule has 3 aromatic rings. The predicted octanol–water partition coefficient (Wildman–Crippen LogP) is 4.56. The predicted molar refractivity (Wildman–Crippen MR) is 128 cm³/mol. The van der Waals surface area contributed by atoms with Gasteiger partial charge in [0.15, 0.2) is 0 Å². The molecule has 2 aromatic heterocycles. The second-order valence-electron chi connectivity index (χ2n) is 7.72. The largest absolute Gasteiger partial charge is 0.489 e. The first-order valence-corrected chi connectivity index (χ1v) is 11.3. The van der Waals surface area contributed by atoms with Crippen LogP contribution >= 0.6 is 0 Å². The second kappa shape index (κ2) is 10.7. The Labute approximate surface area is 194 Å². The molecule has 3 heterocycles. The minimum atomic E-state index is 0.0771. The van der Waals surface area contributed by atoms with Crippen molar-refractivity contribution in [3.8, 4) is 23.1 Å². The van der Waals surface area contributed by atoms with Gasteiger partial charge in [-0.1, -0.05) is 0 Å². The number of anilines is 3. The fourth-order valence-electron chi connectivity index (χ4n) is 3.76. The average Bonchev–Trinajstić information content (AvgIpc) is 2.87. The highest BCUT2D eigenvalue weighted by Crippen LogP contribution is 2.28. The van der Waals surface area contributed by atoms with Gasteiger partial charge in [0.25, 0.3) is 0 Å². The molecule has 1 aromatic carbocycles. The zero-order valence-electron chi connectivity index (χ0n) is 19.0. The Kier molecular flexibility index (Phi) is 7.33. The molecule has 0 saturated carbocycles. The van der Waals surface area contributed by atoms with Crippen molar-refractivity contribution in [2.24, 2.45) is 0 Å². The minimum Gasteiger partial charge on any atom is -0.489 e. The Morgan fingerprint density at radius 1 is 1.12 bits per heavy atom. The average molecular weight is 445 g/mol. The first-order chi connectivity index (χ1) is 16.2. The minimum absolute atomic E-state index is 0.0771. The molecule has 0 amide bonds. The third-order valence-electron chi connectivity index (χ3n) is 5.60. The Hall–Kier alpha value is -3.70. The van der Waals surface area contributed by atoms with Crippen LogP contribution < -0.4 is 15.0 Å². The molecule has 0 bridgehead atoms. The van der Waals surface area contributed by atoms with E-state index in [0.29, 0.717) is 36.2 Å². The Balaban J connectivity index is 1.49. The van der Waals surface area contributed by atoms with Gasteiger partial charge in [-0.2, -0.15) is 5.26 Å². The summed E-state index contributed by atoms with van der Waals surface area (Å²) in [6.07, 6.45) is 5.21. The van der Waals surface area contributed by atoms with Crippen LogP contribution in [-0.4, -0.2) is 47.4 Å². The van der Waals surface area contributed by atoms with Gasteiger partial charge in [-0.25, -0.2) is 15.0 Å². The van der Waals surface area contributed by atoms with Crippen LogP contribution in [0.4, 0.5) is 17.5 Å². The number of nitriles is 1. The number of hydrogen-bond donors (Lipinski definition) is 1. The fourth-order valence-corrected chi connectivity index (χ4v) is 3.76. The molecule has 0 radical (unpaired) electrons. The quantitative estimate of drug-likeness (QED) is 0.540. The molecule has 0 spiro atoms. The second-order valence-corrected chi connectivity index (χ2v) is 7.72. The van der Waals surface area contributed by atoms with Crippen molar-refractivity contribution in [3.05, 3.63) is 54.4 Å². The van der Waals surface area contributed by atoms with Gasteiger partial charge in [-0.15, -0.1) is 0 Å². The molecule has 0 unspecified atom stereocenters. The van der Waals surface area contributed by atoms with E-state index in [-0.39, 0.29) is 6.10 Å². The summed E-state index contributed by atoms with van der Waals surface area (Å²) in [6.45, 7) is 7.41. The fraction of sp³-hybridized carbons (Fsp3) is 0.360. The molecule has 1 saturated heterocycles. The van der Waals surface area contributed by atoms with Gasteiger partial charge in [0.1, 0.15) is 23.7 Å². The molecule has 8 nitrogen and oxygen atoms in total. The van der Waals surface area contributed by atoms with Crippen molar-refractivity contribution in [3.63, 3.8) is 0 Å². The molecule has 1 fully saturated rings. The van der Waals surface area contributed by atoms with Crippen LogP contribution in [0.1, 0.15) is 32.3 Å². The van der Waals surface area contributed by atoms with E-state index in [2.05, 4.69) is 45.1 Å². The van der Waals surface area contributed by atoms with Crippen LogP contribution in [0.2, 0.25) is 0 Å². The summed E-state index contributed by atoms with van der Waals surface area (Å²) in [4.78, 5) is 15.7. The number of rotatable bonds is 8. The molecule has 0 atom stereocenters. The summed E-state index contributed by atoms with van der Waals surface area (Å²) in [5.74, 6) is 2.00. The lowest BCUT2D eigenvalue weighted by molar-refractivity contribution is 0.0254. The van der Waals surface area contributed by atoms with E-state index in [1.54, 1.807) is 18.5 Å². The van der Waals surface area contributed by atoms with E-state index in [1.165, 1.54) is 0 Å². The van der Waals surface area contributed by atoms with Gasteiger partial charge in [-0.05, 0) is 50.2 Å². The lowest BCUT2D eigenvalue weighted by Gasteiger charge is -2.23. The maximum atomic E-state index is 9.66. The van der Waals surface area contributed by atoms with E-state index in [9.17, 15) is 5.26 Å². The van der Waals surface area contributed by atoms with E-state index >= 15 is 0 Å². The molecule has 1 aliphatic heterocycles. The maximum absolute atomic E-state index is 9.66. The summed E-state index contributed by atoms with van der Waals surface area (Å²) in [5, 5.41) is 12.9. The number of hydrogen-bond acceptors (Lipinski definition) is 8. The number of pyridine rings is 1. The molecule has 33 heavy (non-hydrogen) atoms. The highest BCUT2D eigenvalue weighted by Gasteiger charge is 2.17. The number of benzene rings is 1. The van der Waals surface area contributed by atoms with Gasteiger partial charge >= 0.3 is 0 Å². The Morgan fingerprint density at radius 3 is 2.64 bits per heavy atom. The van der Waals surface area contributed by atoms with Crippen molar-refractivity contribution in [2.45, 2.75) is 32.8 Å². The van der Waals surface area contributed by atoms with Crippen LogP contribution in [0.25, 0.3) is 11.3 Å². The summed E-state index contributed by atoms with van der Waals surface area (Å²) in [5.41, 5.74) is 2.84. The summed E-state index contributed by atoms with van der Waals surface area (Å²) < 4.78 is 11.4. The molecule has 1 N–H and O–H groups in total. The monoisotopic (exact) mass is 444 g/mol. The molecule has 8 heteroatoms. The summed E-state index contributed by atoms with van der Waals surface area (Å²) in [7, 11) is 0. The molecule has 4 rings (SSSR count). The lowest BCUT2D eigenvalue weighted by Crippen LogP contribution is -2.26. The zero-order valence-corrected chi connectivity index (χ0v) is 19.0. The molecule has 1 aliphatic rings. The van der Waals surface area contributed by atoms with Gasteiger partial charge in [-0.3, -0.25) is 0 Å². The normalized spacial score (nSPS) is 13.8. The number of aromatic nitrogens is 3. The maximum Gasteiger partial charge on any atom is 0.227 e. The number of nitrogens with zero attached hydrogens (tertiary/aromatic N) is 5. The highest BCUT2D eigenvalue weighted by molar-refractivity contribution is 5.66. The molecule has 0 aliphatic carbocycles. The lowest BCUT2D eigenvalue weighted by atomic mass is 10.1. The number of ether oxygens (including phenoxy) is 2. The van der Waals surface area contributed by atoms with Crippen LogP contribution in [0, 0.1) is 11.3 Å². The van der Waals surface area contributed by atoms with Gasteiger partial charge < -0.3 is 19.7 Å².